The Hall–Kier alpha value is -1.03. The number of aliphatic hydroxyl groups is 1. The lowest BCUT2D eigenvalue weighted by atomic mass is 9.85. The van der Waals surface area contributed by atoms with E-state index in [1.54, 1.807) is 13.3 Å². The van der Waals surface area contributed by atoms with Crippen LogP contribution in [0.25, 0.3) is 0 Å². The van der Waals surface area contributed by atoms with Crippen LogP contribution in [-0.4, -0.2) is 22.0 Å². The van der Waals surface area contributed by atoms with Crippen molar-refractivity contribution in [2.75, 3.05) is 7.11 Å². The first-order valence-electron chi connectivity index (χ1n) is 7.54. The molecule has 0 amide bonds. The molecule has 1 aliphatic carbocycles. The molecule has 1 saturated carbocycles. The molecule has 0 saturated heterocycles. The number of methoxy groups -OCH3 is 1. The number of aliphatic hydroxyl groups excluding tert-OH is 1. The molecule has 1 heterocycles. The molecule has 0 spiro atoms. The largest absolute Gasteiger partial charge is 0.493 e. The monoisotopic (exact) mass is 266 g/mol. The lowest BCUT2D eigenvalue weighted by Gasteiger charge is -2.24. The van der Waals surface area contributed by atoms with Crippen LogP contribution in [0, 0.1) is 5.92 Å². The highest BCUT2D eigenvalue weighted by molar-refractivity contribution is 5.27. The zero-order valence-electron chi connectivity index (χ0n) is 12.1. The second-order valence-electron chi connectivity index (χ2n) is 5.58. The van der Waals surface area contributed by atoms with Gasteiger partial charge in [-0.15, -0.1) is 0 Å². The van der Waals surface area contributed by atoms with Gasteiger partial charge in [0.25, 0.3) is 0 Å². The van der Waals surface area contributed by atoms with E-state index in [9.17, 15) is 5.11 Å². The maximum absolute atomic E-state index is 10.5. The summed E-state index contributed by atoms with van der Waals surface area (Å²) >= 11 is 0. The lowest BCUT2D eigenvalue weighted by molar-refractivity contribution is 0.119. The fraction of sp³-hybridized carbons (Fsp3) is 0.800. The third kappa shape index (κ3) is 3.50. The summed E-state index contributed by atoms with van der Waals surface area (Å²) in [5.41, 5.74) is 0.856. The number of aryl methyl sites for hydroxylation is 1. The Morgan fingerprint density at radius 1 is 1.42 bits per heavy atom. The Morgan fingerprint density at radius 2 is 2.16 bits per heavy atom. The molecule has 1 N–H and O–H groups in total. The minimum atomic E-state index is -0.452. The first-order chi connectivity index (χ1) is 9.26. The maximum atomic E-state index is 10.5. The van der Waals surface area contributed by atoms with Gasteiger partial charge in [0.2, 0.25) is 0 Å². The molecule has 19 heavy (non-hydrogen) atoms. The predicted octanol–water partition coefficient (Wildman–Crippen LogP) is 3.31. The minimum Gasteiger partial charge on any atom is -0.493 e. The van der Waals surface area contributed by atoms with Crippen molar-refractivity contribution in [3.05, 3.63) is 11.9 Å². The molecular formula is C15H26N2O2. The first kappa shape index (κ1) is 14.4. The summed E-state index contributed by atoms with van der Waals surface area (Å²) < 4.78 is 7.23. The summed E-state index contributed by atoms with van der Waals surface area (Å²) in [6.45, 7) is 2.95. The van der Waals surface area contributed by atoms with Gasteiger partial charge in [0.15, 0.2) is 5.75 Å². The van der Waals surface area contributed by atoms with Gasteiger partial charge in [-0.05, 0) is 18.8 Å². The Kier molecular flexibility index (Phi) is 5.25. The van der Waals surface area contributed by atoms with Crippen molar-refractivity contribution in [2.45, 2.75) is 64.5 Å². The molecule has 2 rings (SSSR count). The zero-order valence-corrected chi connectivity index (χ0v) is 12.1. The molecule has 1 aliphatic rings. The topological polar surface area (TPSA) is 47.3 Å². The molecule has 1 atom stereocenters. The van der Waals surface area contributed by atoms with Crippen molar-refractivity contribution in [1.29, 1.82) is 0 Å². The second-order valence-corrected chi connectivity index (χ2v) is 5.58. The minimum absolute atomic E-state index is 0.452. The predicted molar refractivity (Wildman–Crippen MR) is 75.2 cm³/mol. The van der Waals surface area contributed by atoms with Crippen LogP contribution in [0.3, 0.4) is 0 Å². The average Bonchev–Trinajstić information content (AvgIpc) is 2.83. The van der Waals surface area contributed by atoms with Gasteiger partial charge in [0, 0.05) is 6.54 Å². The molecule has 0 radical (unpaired) electrons. The van der Waals surface area contributed by atoms with Crippen LogP contribution in [0.15, 0.2) is 6.20 Å². The van der Waals surface area contributed by atoms with Crippen molar-refractivity contribution in [1.82, 2.24) is 9.78 Å². The standard InChI is InChI=1S/C15H26N2O2/c1-3-9-17-15(14(19-2)11-16-17)13(18)10-12-7-5-4-6-8-12/h11-13,18H,3-10H2,1-2H3. The van der Waals surface area contributed by atoms with E-state index in [4.69, 9.17) is 4.74 Å². The third-order valence-electron chi connectivity index (χ3n) is 4.10. The van der Waals surface area contributed by atoms with E-state index in [2.05, 4.69) is 12.0 Å². The van der Waals surface area contributed by atoms with Crippen LogP contribution in [-0.2, 0) is 6.54 Å². The zero-order chi connectivity index (χ0) is 13.7. The normalized spacial score (nSPS) is 18.5. The van der Waals surface area contributed by atoms with Crippen molar-refractivity contribution >= 4 is 0 Å². The molecular weight excluding hydrogens is 240 g/mol. The highest BCUT2D eigenvalue weighted by Gasteiger charge is 2.24. The summed E-state index contributed by atoms with van der Waals surface area (Å²) in [6, 6.07) is 0. The highest BCUT2D eigenvalue weighted by atomic mass is 16.5. The van der Waals surface area contributed by atoms with E-state index in [1.165, 1.54) is 32.1 Å². The summed E-state index contributed by atoms with van der Waals surface area (Å²) in [4.78, 5) is 0. The summed E-state index contributed by atoms with van der Waals surface area (Å²) in [6.07, 6.45) is 9.58. The number of ether oxygens (including phenoxy) is 1. The summed E-state index contributed by atoms with van der Waals surface area (Å²) in [5.74, 6) is 1.37. The summed E-state index contributed by atoms with van der Waals surface area (Å²) in [7, 11) is 1.64. The number of rotatable bonds is 6. The van der Waals surface area contributed by atoms with E-state index in [0.29, 0.717) is 5.92 Å². The van der Waals surface area contributed by atoms with Gasteiger partial charge in [0.1, 0.15) is 5.69 Å². The Balaban J connectivity index is 2.07. The van der Waals surface area contributed by atoms with Gasteiger partial charge in [-0.1, -0.05) is 39.0 Å². The quantitative estimate of drug-likeness (QED) is 0.859. The van der Waals surface area contributed by atoms with Gasteiger partial charge in [-0.25, -0.2) is 0 Å². The number of aromatic nitrogens is 2. The highest BCUT2D eigenvalue weighted by Crippen LogP contribution is 2.34. The molecule has 1 unspecified atom stereocenters. The average molecular weight is 266 g/mol. The molecule has 0 bridgehead atoms. The van der Waals surface area contributed by atoms with Gasteiger partial charge in [-0.2, -0.15) is 5.10 Å². The van der Waals surface area contributed by atoms with Crippen molar-refractivity contribution in [3.8, 4) is 5.75 Å². The van der Waals surface area contributed by atoms with E-state index in [-0.39, 0.29) is 0 Å². The van der Waals surface area contributed by atoms with Crippen molar-refractivity contribution in [3.63, 3.8) is 0 Å². The van der Waals surface area contributed by atoms with Gasteiger partial charge < -0.3 is 9.84 Å². The summed E-state index contributed by atoms with van der Waals surface area (Å²) in [5, 5.41) is 14.9. The number of nitrogens with zero attached hydrogens (tertiary/aromatic N) is 2. The molecule has 1 fully saturated rings. The van der Waals surface area contributed by atoms with Crippen LogP contribution in [0.2, 0.25) is 0 Å². The van der Waals surface area contributed by atoms with Crippen LogP contribution in [0.5, 0.6) is 5.75 Å². The fourth-order valence-corrected chi connectivity index (χ4v) is 3.11. The number of hydrogen-bond donors (Lipinski definition) is 1. The molecule has 4 heteroatoms. The van der Waals surface area contributed by atoms with Gasteiger partial charge >= 0.3 is 0 Å². The molecule has 108 valence electrons. The van der Waals surface area contributed by atoms with Crippen molar-refractivity contribution < 1.29 is 9.84 Å². The Labute approximate surface area is 115 Å². The number of hydrogen-bond acceptors (Lipinski definition) is 3. The molecule has 0 aromatic carbocycles. The SMILES string of the molecule is CCCn1ncc(OC)c1C(O)CC1CCCCC1. The van der Waals surface area contributed by atoms with Gasteiger partial charge in [0.05, 0.1) is 19.4 Å². The lowest BCUT2D eigenvalue weighted by Crippen LogP contribution is -2.15. The van der Waals surface area contributed by atoms with Crippen LogP contribution in [0.1, 0.15) is 63.7 Å². The third-order valence-corrected chi connectivity index (χ3v) is 4.10. The van der Waals surface area contributed by atoms with E-state index < -0.39 is 6.10 Å². The Morgan fingerprint density at radius 3 is 2.79 bits per heavy atom. The van der Waals surface area contributed by atoms with E-state index in [0.717, 1.165) is 30.8 Å². The van der Waals surface area contributed by atoms with Gasteiger partial charge in [-0.3, -0.25) is 4.68 Å². The van der Waals surface area contributed by atoms with Crippen LogP contribution >= 0.6 is 0 Å². The Bertz CT molecular complexity index is 383. The van der Waals surface area contributed by atoms with E-state index >= 15 is 0 Å². The van der Waals surface area contributed by atoms with Crippen LogP contribution in [0.4, 0.5) is 0 Å². The first-order valence-corrected chi connectivity index (χ1v) is 7.54. The molecule has 1 aromatic rings. The second kappa shape index (κ2) is 6.94. The molecule has 0 aliphatic heterocycles. The smallest absolute Gasteiger partial charge is 0.162 e. The fourth-order valence-electron chi connectivity index (χ4n) is 3.11. The van der Waals surface area contributed by atoms with E-state index in [1.807, 2.05) is 4.68 Å². The maximum Gasteiger partial charge on any atom is 0.162 e. The van der Waals surface area contributed by atoms with Crippen LogP contribution < -0.4 is 4.74 Å². The molecule has 4 nitrogen and oxygen atoms in total. The molecule has 1 aromatic heterocycles. The van der Waals surface area contributed by atoms with Crippen molar-refractivity contribution in [2.24, 2.45) is 5.92 Å².